The molecule has 0 aromatic heterocycles. The summed E-state index contributed by atoms with van der Waals surface area (Å²) in [4.78, 5) is 0.869. The Labute approximate surface area is 164 Å². The van der Waals surface area contributed by atoms with Gasteiger partial charge in [-0.1, -0.05) is 24.3 Å². The van der Waals surface area contributed by atoms with Crippen molar-refractivity contribution in [2.75, 3.05) is 0 Å². The van der Waals surface area contributed by atoms with E-state index in [4.69, 9.17) is 10.5 Å². The Balaban J connectivity index is 2.18. The van der Waals surface area contributed by atoms with E-state index >= 15 is 0 Å². The van der Waals surface area contributed by atoms with Gasteiger partial charge in [0.25, 0.3) is 0 Å². The van der Waals surface area contributed by atoms with Crippen molar-refractivity contribution in [2.45, 2.75) is 0 Å². The molecule has 1 aliphatic rings. The quantitative estimate of drug-likeness (QED) is 0.735. The maximum absolute atomic E-state index is 13.2. The summed E-state index contributed by atoms with van der Waals surface area (Å²) >= 11 is 0. The fourth-order valence-corrected chi connectivity index (χ4v) is 4.05. The van der Waals surface area contributed by atoms with Crippen LogP contribution in [0.4, 0.5) is 0 Å². The molecule has 2 aromatic rings. The van der Waals surface area contributed by atoms with Crippen LogP contribution >= 0.6 is 0 Å². The summed E-state index contributed by atoms with van der Waals surface area (Å²) in [6, 6.07) is 21.0. The highest BCUT2D eigenvalue weighted by atomic mass is 32.2. The molecule has 0 fully saturated rings. The topological polar surface area (TPSA) is 112 Å². The van der Waals surface area contributed by atoms with E-state index in [0.717, 1.165) is 0 Å². The number of allylic oxidation sites excluding steroid dienone is 4. The molecular weight excluding hydrogens is 368 g/mol. The predicted molar refractivity (Wildman–Crippen MR) is 105 cm³/mol. The first-order valence-electron chi connectivity index (χ1n) is 8.02. The maximum atomic E-state index is 13.2. The lowest BCUT2D eigenvalue weighted by Crippen LogP contribution is -2.05. The zero-order valence-corrected chi connectivity index (χ0v) is 15.2. The SMILES string of the molecule is N#CC(C#N)=C1C=C(c2ccc(C#N)cc2)S(=O)C(c2ccc(C#N)cc2)=C1. The molecule has 0 unspecified atom stereocenters. The Morgan fingerprint density at radius 3 is 1.39 bits per heavy atom. The number of rotatable bonds is 2. The summed E-state index contributed by atoms with van der Waals surface area (Å²) in [5.74, 6) is 0. The number of hydrogen-bond acceptors (Lipinski definition) is 5. The van der Waals surface area contributed by atoms with Crippen LogP contribution in [0.2, 0.25) is 0 Å². The van der Waals surface area contributed by atoms with Crippen molar-refractivity contribution in [1.29, 1.82) is 21.0 Å². The van der Waals surface area contributed by atoms with E-state index in [1.807, 2.05) is 24.3 Å². The molecule has 0 aliphatic carbocycles. The average molecular weight is 378 g/mol. The lowest BCUT2D eigenvalue weighted by atomic mass is 10.0. The Morgan fingerprint density at radius 1 is 0.679 bits per heavy atom. The average Bonchev–Trinajstić information content (AvgIpc) is 2.75. The Hall–Kier alpha value is -4.23. The second-order valence-corrected chi connectivity index (χ2v) is 7.14. The molecule has 0 spiro atoms. The summed E-state index contributed by atoms with van der Waals surface area (Å²) in [6.07, 6.45) is 3.12. The van der Waals surface area contributed by atoms with Gasteiger partial charge in [-0.25, -0.2) is 4.21 Å². The minimum Gasteiger partial charge on any atom is -0.249 e. The van der Waals surface area contributed by atoms with Crippen molar-refractivity contribution in [2.24, 2.45) is 0 Å². The monoisotopic (exact) mass is 378 g/mol. The van der Waals surface area contributed by atoms with Gasteiger partial charge in [0.2, 0.25) is 0 Å². The van der Waals surface area contributed by atoms with Crippen LogP contribution < -0.4 is 0 Å². The lowest BCUT2D eigenvalue weighted by Gasteiger charge is -2.17. The molecule has 0 radical (unpaired) electrons. The van der Waals surface area contributed by atoms with Crippen LogP contribution in [-0.2, 0) is 10.8 Å². The van der Waals surface area contributed by atoms with E-state index in [9.17, 15) is 14.7 Å². The summed E-state index contributed by atoms with van der Waals surface area (Å²) in [6.45, 7) is 0. The van der Waals surface area contributed by atoms with Crippen molar-refractivity contribution in [3.8, 4) is 24.3 Å². The third-order valence-corrected chi connectivity index (χ3v) is 5.59. The number of hydrogen-bond donors (Lipinski definition) is 0. The first-order chi connectivity index (χ1) is 13.6. The first kappa shape index (κ1) is 18.6. The minimum atomic E-state index is -1.57. The van der Waals surface area contributed by atoms with Crippen LogP contribution in [0.15, 0.2) is 71.8 Å². The first-order valence-corrected chi connectivity index (χ1v) is 9.17. The molecule has 0 saturated carbocycles. The fraction of sp³-hybridized carbons (Fsp3) is 0. The van der Waals surface area contributed by atoms with E-state index in [-0.39, 0.29) is 5.57 Å². The normalized spacial score (nSPS) is 15.1. The zero-order chi connectivity index (χ0) is 20.1. The number of nitriles is 4. The van der Waals surface area contributed by atoms with Gasteiger partial charge in [0, 0.05) is 5.57 Å². The van der Waals surface area contributed by atoms with Crippen LogP contribution in [0.5, 0.6) is 0 Å². The zero-order valence-electron chi connectivity index (χ0n) is 14.4. The van der Waals surface area contributed by atoms with E-state index < -0.39 is 10.8 Å². The lowest BCUT2D eigenvalue weighted by molar-refractivity contribution is 0.694. The smallest absolute Gasteiger partial charge is 0.136 e. The van der Waals surface area contributed by atoms with Crippen LogP contribution in [0.3, 0.4) is 0 Å². The van der Waals surface area contributed by atoms with Crippen LogP contribution in [0.1, 0.15) is 22.3 Å². The third-order valence-electron chi connectivity index (χ3n) is 4.08. The van der Waals surface area contributed by atoms with Crippen LogP contribution in [0.25, 0.3) is 9.81 Å². The van der Waals surface area contributed by atoms with Gasteiger partial charge in [-0.2, -0.15) is 21.0 Å². The summed E-state index contributed by atoms with van der Waals surface area (Å²) < 4.78 is 13.2. The molecule has 1 aliphatic heterocycles. The number of nitrogens with zero attached hydrogens (tertiary/aromatic N) is 4. The van der Waals surface area contributed by atoms with Gasteiger partial charge in [0.1, 0.15) is 17.7 Å². The van der Waals surface area contributed by atoms with Crippen molar-refractivity contribution in [3.63, 3.8) is 0 Å². The van der Waals surface area contributed by atoms with E-state index in [1.165, 1.54) is 0 Å². The van der Waals surface area contributed by atoms with E-state index in [1.54, 1.807) is 60.7 Å². The fourth-order valence-electron chi connectivity index (χ4n) is 2.65. The van der Waals surface area contributed by atoms with Gasteiger partial charge in [-0.3, -0.25) is 0 Å². The second-order valence-electron chi connectivity index (χ2n) is 5.72. The molecule has 5 nitrogen and oxygen atoms in total. The van der Waals surface area contributed by atoms with Gasteiger partial charge in [-0.15, -0.1) is 0 Å². The molecule has 28 heavy (non-hydrogen) atoms. The molecule has 0 bridgehead atoms. The highest BCUT2D eigenvalue weighted by Gasteiger charge is 2.23. The highest BCUT2D eigenvalue weighted by Crippen LogP contribution is 2.36. The molecule has 0 amide bonds. The van der Waals surface area contributed by atoms with Crippen molar-refractivity contribution < 1.29 is 4.21 Å². The van der Waals surface area contributed by atoms with Gasteiger partial charge in [0.05, 0.1) is 43.9 Å². The van der Waals surface area contributed by atoms with Crippen molar-refractivity contribution in [1.82, 2.24) is 0 Å². The molecule has 0 atom stereocenters. The predicted octanol–water partition coefficient (Wildman–Crippen LogP) is 3.92. The van der Waals surface area contributed by atoms with Crippen LogP contribution in [-0.4, -0.2) is 4.21 Å². The Morgan fingerprint density at radius 2 is 1.07 bits per heavy atom. The second kappa shape index (κ2) is 7.98. The number of benzene rings is 2. The Kier molecular flexibility index (Phi) is 5.29. The van der Waals surface area contributed by atoms with Gasteiger partial charge >= 0.3 is 0 Å². The van der Waals surface area contributed by atoms with E-state index in [2.05, 4.69) is 0 Å². The summed E-state index contributed by atoms with van der Waals surface area (Å²) in [7, 11) is -1.57. The van der Waals surface area contributed by atoms with Crippen molar-refractivity contribution in [3.05, 3.63) is 94.1 Å². The molecule has 3 rings (SSSR count). The summed E-state index contributed by atoms with van der Waals surface area (Å²) in [5.41, 5.74) is 2.48. The molecule has 1 heterocycles. The Bertz CT molecular complexity index is 1140. The van der Waals surface area contributed by atoms with Crippen LogP contribution in [0, 0.1) is 45.3 Å². The molecule has 130 valence electrons. The van der Waals surface area contributed by atoms with Gasteiger partial charge in [-0.05, 0) is 47.5 Å². The maximum Gasteiger partial charge on any atom is 0.136 e. The molecular formula is C22H10N4OS. The van der Waals surface area contributed by atoms with Crippen molar-refractivity contribution >= 4 is 20.6 Å². The largest absolute Gasteiger partial charge is 0.249 e. The molecule has 2 aromatic carbocycles. The third kappa shape index (κ3) is 3.50. The standard InChI is InChI=1S/C22H10N4OS/c23-11-15-1-5-17(6-2-15)21-9-19(20(13-25)14-26)10-22(28(21)27)18-7-3-16(12-24)4-8-18/h1-10H. The van der Waals surface area contributed by atoms with Gasteiger partial charge < -0.3 is 0 Å². The molecule has 0 N–H and O–H groups in total. The van der Waals surface area contributed by atoms with E-state index in [0.29, 0.717) is 37.6 Å². The van der Waals surface area contributed by atoms with Gasteiger partial charge in [0.15, 0.2) is 0 Å². The molecule has 0 saturated heterocycles. The summed E-state index contributed by atoms with van der Waals surface area (Å²) in [5, 5.41) is 36.4. The minimum absolute atomic E-state index is 0.0889. The highest BCUT2D eigenvalue weighted by molar-refractivity contribution is 8.03. The molecule has 6 heteroatoms.